The van der Waals surface area contributed by atoms with E-state index in [0.29, 0.717) is 17.2 Å². The van der Waals surface area contributed by atoms with Crippen LogP contribution in [0.4, 0.5) is 5.69 Å². The van der Waals surface area contributed by atoms with Crippen LogP contribution in [0.25, 0.3) is 0 Å². The van der Waals surface area contributed by atoms with Gasteiger partial charge in [0.15, 0.2) is 0 Å². The summed E-state index contributed by atoms with van der Waals surface area (Å²) in [5.41, 5.74) is 1.73. The third-order valence-electron chi connectivity index (χ3n) is 7.78. The van der Waals surface area contributed by atoms with Crippen LogP contribution in [0.5, 0.6) is 0 Å². The van der Waals surface area contributed by atoms with Crippen LogP contribution in [0.15, 0.2) is 24.5 Å². The molecule has 5 heteroatoms. The van der Waals surface area contributed by atoms with E-state index in [1.54, 1.807) is 0 Å². The number of nitrogens with zero attached hydrogens (tertiary/aromatic N) is 4. The molecule has 2 aliphatic carbocycles. The zero-order valence-corrected chi connectivity index (χ0v) is 16.4. The van der Waals surface area contributed by atoms with Crippen LogP contribution in [0.1, 0.15) is 44.9 Å². The lowest BCUT2D eigenvalue weighted by Gasteiger charge is -2.53. The van der Waals surface area contributed by atoms with Crippen LogP contribution < -0.4 is 4.90 Å². The van der Waals surface area contributed by atoms with Crippen LogP contribution in [-0.4, -0.2) is 66.0 Å². The average Bonchev–Trinajstić information content (AvgIpc) is 2.66. The predicted octanol–water partition coefficient (Wildman–Crippen LogP) is 2.77. The van der Waals surface area contributed by atoms with Gasteiger partial charge in [-0.05, 0) is 56.1 Å². The summed E-state index contributed by atoms with van der Waals surface area (Å²) in [5.74, 6) is 0.748. The molecule has 1 amide bonds. The Labute approximate surface area is 162 Å². The normalized spacial score (nSPS) is 26.7. The average molecular weight is 369 g/mol. The van der Waals surface area contributed by atoms with Crippen molar-refractivity contribution in [2.45, 2.75) is 51.0 Å². The molecule has 2 saturated heterocycles. The maximum Gasteiger partial charge on any atom is 0.225 e. The summed E-state index contributed by atoms with van der Waals surface area (Å²) in [6.07, 6.45) is 12.6. The van der Waals surface area contributed by atoms with E-state index in [1.807, 2.05) is 12.4 Å². The Balaban J connectivity index is 1.09. The molecule has 4 fully saturated rings. The number of aromatic nitrogens is 1. The SMILES string of the molecule is O=C(C1CC2(CCN(c3ccncc3)CC2)C1)N1CCN(C2CCC2)CC1. The molecule has 2 saturated carbocycles. The van der Waals surface area contributed by atoms with Gasteiger partial charge >= 0.3 is 0 Å². The van der Waals surface area contributed by atoms with Crippen LogP contribution in [0.3, 0.4) is 0 Å². The Morgan fingerprint density at radius 1 is 0.963 bits per heavy atom. The molecule has 2 aliphatic heterocycles. The molecule has 27 heavy (non-hydrogen) atoms. The summed E-state index contributed by atoms with van der Waals surface area (Å²) in [4.78, 5) is 24.3. The van der Waals surface area contributed by atoms with E-state index in [-0.39, 0.29) is 0 Å². The second-order valence-corrected chi connectivity index (χ2v) is 9.24. The van der Waals surface area contributed by atoms with Crippen molar-refractivity contribution < 1.29 is 4.79 Å². The van der Waals surface area contributed by atoms with Gasteiger partial charge in [0, 0.05) is 69.3 Å². The lowest BCUT2D eigenvalue weighted by Crippen LogP contribution is -2.57. The number of hydrogen-bond donors (Lipinski definition) is 0. The summed E-state index contributed by atoms with van der Waals surface area (Å²) >= 11 is 0. The first-order chi connectivity index (χ1) is 13.2. The Hall–Kier alpha value is -1.62. The quantitative estimate of drug-likeness (QED) is 0.822. The highest BCUT2D eigenvalue weighted by Gasteiger charge is 2.49. The zero-order chi connectivity index (χ0) is 18.3. The van der Waals surface area contributed by atoms with Crippen molar-refractivity contribution >= 4 is 11.6 Å². The number of rotatable bonds is 3. The van der Waals surface area contributed by atoms with E-state index in [4.69, 9.17) is 0 Å². The molecular formula is C22H32N4O. The third-order valence-corrected chi connectivity index (χ3v) is 7.78. The van der Waals surface area contributed by atoms with Crippen molar-refractivity contribution in [3.63, 3.8) is 0 Å². The third kappa shape index (κ3) is 3.35. The largest absolute Gasteiger partial charge is 0.371 e. The number of carbonyl (C=O) groups excluding carboxylic acids is 1. The Kier molecular flexibility index (Phi) is 4.58. The van der Waals surface area contributed by atoms with Gasteiger partial charge in [-0.25, -0.2) is 0 Å². The molecule has 146 valence electrons. The summed E-state index contributed by atoms with van der Waals surface area (Å²) in [5, 5.41) is 0. The van der Waals surface area contributed by atoms with Gasteiger partial charge in [0.25, 0.3) is 0 Å². The van der Waals surface area contributed by atoms with E-state index >= 15 is 0 Å². The first-order valence-corrected chi connectivity index (χ1v) is 10.9. The minimum Gasteiger partial charge on any atom is -0.371 e. The van der Waals surface area contributed by atoms with Crippen molar-refractivity contribution in [3.8, 4) is 0 Å². The van der Waals surface area contributed by atoms with Crippen molar-refractivity contribution in [3.05, 3.63) is 24.5 Å². The molecule has 0 unspecified atom stereocenters. The molecule has 0 N–H and O–H groups in total. The lowest BCUT2D eigenvalue weighted by atomic mass is 9.57. The summed E-state index contributed by atoms with van der Waals surface area (Å²) < 4.78 is 0. The van der Waals surface area contributed by atoms with E-state index in [9.17, 15) is 4.79 Å². The van der Waals surface area contributed by atoms with Gasteiger partial charge < -0.3 is 9.80 Å². The van der Waals surface area contributed by atoms with E-state index < -0.39 is 0 Å². The highest BCUT2D eigenvalue weighted by molar-refractivity contribution is 5.80. The van der Waals surface area contributed by atoms with E-state index in [0.717, 1.165) is 58.2 Å². The second-order valence-electron chi connectivity index (χ2n) is 9.24. The zero-order valence-electron chi connectivity index (χ0n) is 16.4. The number of anilines is 1. The van der Waals surface area contributed by atoms with Crippen molar-refractivity contribution in [2.75, 3.05) is 44.2 Å². The molecule has 0 bridgehead atoms. The number of pyridine rings is 1. The molecule has 5 rings (SSSR count). The minimum atomic E-state index is 0.299. The smallest absolute Gasteiger partial charge is 0.225 e. The lowest BCUT2D eigenvalue weighted by molar-refractivity contribution is -0.147. The van der Waals surface area contributed by atoms with Crippen molar-refractivity contribution in [1.82, 2.24) is 14.8 Å². The number of piperazine rings is 1. The first-order valence-electron chi connectivity index (χ1n) is 10.9. The monoisotopic (exact) mass is 368 g/mol. The number of amides is 1. The Morgan fingerprint density at radius 2 is 1.63 bits per heavy atom. The van der Waals surface area contributed by atoms with Crippen LogP contribution >= 0.6 is 0 Å². The fourth-order valence-corrected chi connectivity index (χ4v) is 5.68. The summed E-state index contributed by atoms with van der Waals surface area (Å²) in [6.45, 7) is 6.32. The molecule has 1 spiro atoms. The first kappa shape index (κ1) is 17.5. The van der Waals surface area contributed by atoms with E-state index in [2.05, 4.69) is 31.8 Å². The Bertz CT molecular complexity index is 650. The second kappa shape index (κ2) is 7.08. The predicted molar refractivity (Wildman–Crippen MR) is 107 cm³/mol. The van der Waals surface area contributed by atoms with Gasteiger partial charge in [-0.15, -0.1) is 0 Å². The molecule has 3 heterocycles. The minimum absolute atomic E-state index is 0.299. The number of hydrogen-bond acceptors (Lipinski definition) is 4. The maximum absolute atomic E-state index is 12.9. The van der Waals surface area contributed by atoms with Gasteiger partial charge in [0.05, 0.1) is 0 Å². The molecule has 0 aromatic carbocycles. The fraction of sp³-hybridized carbons (Fsp3) is 0.727. The maximum atomic E-state index is 12.9. The highest BCUT2D eigenvalue weighted by Crippen LogP contribution is 2.53. The van der Waals surface area contributed by atoms with Gasteiger partial charge in [-0.2, -0.15) is 0 Å². The molecule has 4 aliphatic rings. The standard InChI is InChI=1S/C22H32N4O/c27-21(26-14-12-25(13-15-26)19-2-1-3-19)18-16-22(17-18)6-10-24(11-7-22)20-4-8-23-9-5-20/h4-5,8-9,18-19H,1-3,6-7,10-17H2. The van der Waals surface area contributed by atoms with Crippen molar-refractivity contribution in [2.24, 2.45) is 11.3 Å². The van der Waals surface area contributed by atoms with Crippen LogP contribution in [0, 0.1) is 11.3 Å². The molecule has 1 aromatic heterocycles. The van der Waals surface area contributed by atoms with Gasteiger partial charge in [0.2, 0.25) is 5.91 Å². The fourth-order valence-electron chi connectivity index (χ4n) is 5.68. The molecule has 1 aromatic rings. The molecular weight excluding hydrogens is 336 g/mol. The molecule has 0 atom stereocenters. The highest BCUT2D eigenvalue weighted by atomic mass is 16.2. The van der Waals surface area contributed by atoms with E-state index in [1.165, 1.54) is 37.8 Å². The Morgan fingerprint density at radius 3 is 2.22 bits per heavy atom. The topological polar surface area (TPSA) is 39.7 Å². The summed E-state index contributed by atoms with van der Waals surface area (Å²) in [7, 11) is 0. The van der Waals surface area contributed by atoms with Gasteiger partial charge in [0.1, 0.15) is 0 Å². The number of carbonyl (C=O) groups is 1. The van der Waals surface area contributed by atoms with Crippen LogP contribution in [0.2, 0.25) is 0 Å². The van der Waals surface area contributed by atoms with Crippen LogP contribution in [-0.2, 0) is 4.79 Å². The summed E-state index contributed by atoms with van der Waals surface area (Å²) in [6, 6.07) is 5.03. The van der Waals surface area contributed by atoms with Crippen molar-refractivity contribution in [1.29, 1.82) is 0 Å². The van der Waals surface area contributed by atoms with Gasteiger partial charge in [-0.3, -0.25) is 14.7 Å². The molecule has 5 nitrogen and oxygen atoms in total. The van der Waals surface area contributed by atoms with Gasteiger partial charge in [-0.1, -0.05) is 6.42 Å². The molecule has 0 radical (unpaired) electrons. The number of piperidine rings is 1.